The maximum Gasteiger partial charge on any atom is 0.366 e. The minimum absolute atomic E-state index is 0.0521. The number of carbonyl (C=O) groups is 2. The Hall–Kier alpha value is -3.66. The Morgan fingerprint density at radius 1 is 1.16 bits per heavy atom. The average molecular weight is 437 g/mol. The first kappa shape index (κ1) is 23.0. The molecular formula is C25H24FNO5. The van der Waals surface area contributed by atoms with Gasteiger partial charge in [0.1, 0.15) is 17.6 Å². The van der Waals surface area contributed by atoms with Crippen molar-refractivity contribution >= 4 is 11.9 Å². The number of nitrogens with zero attached hydrogens (tertiary/aromatic N) is 1. The van der Waals surface area contributed by atoms with Crippen LogP contribution in [-0.2, 0) is 19.1 Å². The van der Waals surface area contributed by atoms with Gasteiger partial charge in [-0.25, -0.2) is 4.79 Å². The molecule has 1 aliphatic rings. The standard InChI is InChI=1S/C25H24FNO5/c1-4-30-23(28)20(26)14-19-22(25(19,2)3)24(29)32-21(15-27)16-9-8-12-18(13-16)31-17-10-6-5-7-11-17/h5-14,19,21-22H,4H2,1-3H3/b20-14-. The number of rotatable bonds is 8. The topological polar surface area (TPSA) is 85.6 Å². The van der Waals surface area contributed by atoms with Gasteiger partial charge in [0.05, 0.1) is 12.5 Å². The van der Waals surface area contributed by atoms with Crippen LogP contribution >= 0.6 is 0 Å². The third-order valence-electron chi connectivity index (χ3n) is 5.45. The van der Waals surface area contributed by atoms with Crippen molar-refractivity contribution < 1.29 is 28.2 Å². The van der Waals surface area contributed by atoms with E-state index in [1.54, 1.807) is 57.2 Å². The first-order valence-corrected chi connectivity index (χ1v) is 10.2. The average Bonchev–Trinajstić information content (AvgIpc) is 3.32. The number of hydrogen-bond donors (Lipinski definition) is 0. The van der Waals surface area contributed by atoms with Gasteiger partial charge in [0.15, 0.2) is 0 Å². The molecule has 1 saturated carbocycles. The Morgan fingerprint density at radius 2 is 1.84 bits per heavy atom. The SMILES string of the molecule is CCOC(=O)/C(F)=C/C1C(C(=O)OC(C#N)c2cccc(Oc3ccccc3)c2)C1(C)C. The van der Waals surface area contributed by atoms with Crippen molar-refractivity contribution in [2.75, 3.05) is 6.61 Å². The van der Waals surface area contributed by atoms with E-state index in [0.29, 0.717) is 17.1 Å². The summed E-state index contributed by atoms with van der Waals surface area (Å²) in [6.07, 6.45) is -0.0580. The fourth-order valence-electron chi connectivity index (χ4n) is 3.59. The number of carbonyl (C=O) groups excluding carboxylic acids is 2. The summed E-state index contributed by atoms with van der Waals surface area (Å²) in [5.41, 5.74) is -0.156. The van der Waals surface area contributed by atoms with Crippen LogP contribution in [0, 0.1) is 28.6 Å². The first-order valence-electron chi connectivity index (χ1n) is 10.2. The molecule has 0 heterocycles. The van der Waals surface area contributed by atoms with Crippen LogP contribution in [0.2, 0.25) is 0 Å². The summed E-state index contributed by atoms with van der Waals surface area (Å²) in [4.78, 5) is 24.3. The summed E-state index contributed by atoms with van der Waals surface area (Å²) in [5.74, 6) is -2.82. The summed E-state index contributed by atoms with van der Waals surface area (Å²) < 4.78 is 29.9. The van der Waals surface area contributed by atoms with E-state index in [1.807, 2.05) is 24.3 Å². The molecule has 2 aromatic rings. The summed E-state index contributed by atoms with van der Waals surface area (Å²) in [6, 6.07) is 17.8. The third-order valence-corrected chi connectivity index (χ3v) is 5.45. The predicted octanol–water partition coefficient (Wildman–Crippen LogP) is 5.28. The molecule has 0 aromatic heterocycles. The van der Waals surface area contributed by atoms with Gasteiger partial charge in [0, 0.05) is 5.56 Å². The maximum atomic E-state index is 14.0. The monoisotopic (exact) mass is 437 g/mol. The largest absolute Gasteiger partial charge is 0.461 e. The molecule has 3 unspecified atom stereocenters. The highest BCUT2D eigenvalue weighted by Gasteiger charge is 2.62. The smallest absolute Gasteiger partial charge is 0.366 e. The van der Waals surface area contributed by atoms with Crippen LogP contribution < -0.4 is 4.74 Å². The summed E-state index contributed by atoms with van der Waals surface area (Å²) in [6.45, 7) is 5.17. The van der Waals surface area contributed by atoms with Crippen LogP contribution in [0.25, 0.3) is 0 Å². The molecule has 0 spiro atoms. The van der Waals surface area contributed by atoms with Crippen LogP contribution in [0.5, 0.6) is 11.5 Å². The third kappa shape index (κ3) is 5.14. The molecule has 0 bridgehead atoms. The number of ether oxygens (including phenoxy) is 3. The van der Waals surface area contributed by atoms with Gasteiger partial charge in [-0.15, -0.1) is 0 Å². The second-order valence-electron chi connectivity index (χ2n) is 7.99. The van der Waals surface area contributed by atoms with Crippen molar-refractivity contribution in [3.63, 3.8) is 0 Å². The van der Waals surface area contributed by atoms with Crippen molar-refractivity contribution in [3.05, 3.63) is 72.1 Å². The van der Waals surface area contributed by atoms with Crippen molar-refractivity contribution in [2.24, 2.45) is 17.3 Å². The van der Waals surface area contributed by atoms with E-state index in [2.05, 4.69) is 4.74 Å². The number of allylic oxidation sites excluding steroid dienone is 1. The molecule has 0 N–H and O–H groups in total. The van der Waals surface area contributed by atoms with Gasteiger partial charge in [-0.2, -0.15) is 9.65 Å². The molecule has 1 aliphatic carbocycles. The molecular weight excluding hydrogens is 413 g/mol. The predicted molar refractivity (Wildman–Crippen MR) is 114 cm³/mol. The lowest BCUT2D eigenvalue weighted by Gasteiger charge is -2.13. The number of hydrogen-bond acceptors (Lipinski definition) is 6. The van der Waals surface area contributed by atoms with E-state index >= 15 is 0 Å². The van der Waals surface area contributed by atoms with Crippen LogP contribution in [0.1, 0.15) is 32.4 Å². The van der Waals surface area contributed by atoms with Gasteiger partial charge >= 0.3 is 11.9 Å². The van der Waals surface area contributed by atoms with E-state index in [-0.39, 0.29) is 6.61 Å². The Kier molecular flexibility index (Phi) is 6.94. The Labute approximate surface area is 186 Å². The molecule has 2 aromatic carbocycles. The highest BCUT2D eigenvalue weighted by molar-refractivity contribution is 5.87. The Balaban J connectivity index is 1.70. The molecule has 0 amide bonds. The van der Waals surface area contributed by atoms with Gasteiger partial charge in [0.25, 0.3) is 0 Å². The van der Waals surface area contributed by atoms with E-state index in [9.17, 15) is 19.2 Å². The van der Waals surface area contributed by atoms with Crippen molar-refractivity contribution in [2.45, 2.75) is 26.9 Å². The molecule has 166 valence electrons. The summed E-state index contributed by atoms with van der Waals surface area (Å²) >= 11 is 0. The molecule has 1 fully saturated rings. The number of para-hydroxylation sites is 1. The molecule has 0 radical (unpaired) electrons. The van der Waals surface area contributed by atoms with Gasteiger partial charge in [-0.1, -0.05) is 44.2 Å². The zero-order chi connectivity index (χ0) is 23.3. The number of esters is 2. The molecule has 32 heavy (non-hydrogen) atoms. The van der Waals surface area contributed by atoms with Crippen molar-refractivity contribution in [3.8, 4) is 17.6 Å². The fraction of sp³-hybridized carbons (Fsp3) is 0.320. The van der Waals surface area contributed by atoms with Gasteiger partial charge in [-0.05, 0) is 48.6 Å². The second kappa shape index (κ2) is 9.65. The normalized spacial score (nSPS) is 19.9. The molecule has 0 aliphatic heterocycles. The Bertz CT molecular complexity index is 1060. The fourth-order valence-corrected chi connectivity index (χ4v) is 3.59. The zero-order valence-corrected chi connectivity index (χ0v) is 18.1. The van der Waals surface area contributed by atoms with E-state index < -0.39 is 41.1 Å². The minimum atomic E-state index is -1.15. The highest BCUT2D eigenvalue weighted by Crippen LogP contribution is 2.60. The Morgan fingerprint density at radius 3 is 2.50 bits per heavy atom. The lowest BCUT2D eigenvalue weighted by molar-refractivity contribution is -0.149. The van der Waals surface area contributed by atoms with E-state index in [0.717, 1.165) is 6.08 Å². The maximum absolute atomic E-state index is 14.0. The van der Waals surface area contributed by atoms with Crippen molar-refractivity contribution in [1.29, 1.82) is 5.26 Å². The number of nitriles is 1. The van der Waals surface area contributed by atoms with Crippen LogP contribution in [0.4, 0.5) is 4.39 Å². The lowest BCUT2D eigenvalue weighted by atomic mass is 10.1. The van der Waals surface area contributed by atoms with Crippen molar-refractivity contribution in [1.82, 2.24) is 0 Å². The van der Waals surface area contributed by atoms with Gasteiger partial charge in [-0.3, -0.25) is 4.79 Å². The van der Waals surface area contributed by atoms with Gasteiger partial charge in [0.2, 0.25) is 11.9 Å². The molecule has 3 atom stereocenters. The molecule has 3 rings (SSSR count). The van der Waals surface area contributed by atoms with E-state index in [4.69, 9.17) is 9.47 Å². The van der Waals surface area contributed by atoms with Crippen LogP contribution in [-0.4, -0.2) is 18.5 Å². The summed E-state index contributed by atoms with van der Waals surface area (Å²) in [7, 11) is 0. The molecule has 7 heteroatoms. The number of halogens is 1. The zero-order valence-electron chi connectivity index (χ0n) is 18.1. The number of benzene rings is 2. The van der Waals surface area contributed by atoms with Gasteiger partial charge < -0.3 is 14.2 Å². The van der Waals surface area contributed by atoms with Crippen LogP contribution in [0.3, 0.4) is 0 Å². The molecule has 6 nitrogen and oxygen atoms in total. The molecule has 0 saturated heterocycles. The van der Waals surface area contributed by atoms with Crippen LogP contribution in [0.15, 0.2) is 66.5 Å². The second-order valence-corrected chi connectivity index (χ2v) is 7.99. The summed E-state index contributed by atoms with van der Waals surface area (Å²) in [5, 5.41) is 9.58. The highest BCUT2D eigenvalue weighted by atomic mass is 19.1. The quantitative estimate of drug-likeness (QED) is 0.413. The lowest BCUT2D eigenvalue weighted by Crippen LogP contribution is -2.14. The van der Waals surface area contributed by atoms with E-state index in [1.165, 1.54) is 0 Å². The first-order chi connectivity index (χ1) is 15.3. The minimum Gasteiger partial charge on any atom is -0.461 e.